The van der Waals surface area contributed by atoms with Crippen molar-refractivity contribution in [2.75, 3.05) is 6.54 Å². The summed E-state index contributed by atoms with van der Waals surface area (Å²) in [4.78, 5) is 8.59. The molecule has 0 aliphatic carbocycles. The van der Waals surface area contributed by atoms with Crippen LogP contribution in [0.2, 0.25) is 0 Å². The Balaban J connectivity index is 2.06. The predicted molar refractivity (Wildman–Crippen MR) is 68.7 cm³/mol. The van der Waals surface area contributed by atoms with E-state index >= 15 is 0 Å². The Hall–Kier alpha value is -1.74. The molecular formula is C14H17N3. The van der Waals surface area contributed by atoms with Gasteiger partial charge in [-0.1, -0.05) is 19.1 Å². The van der Waals surface area contributed by atoms with Crippen LogP contribution < -0.4 is 5.32 Å². The van der Waals surface area contributed by atoms with Gasteiger partial charge >= 0.3 is 0 Å². The SMILES string of the molecule is CCNCc1cncc(Cc2ccccn2)c1. The van der Waals surface area contributed by atoms with Crippen LogP contribution in [0.5, 0.6) is 0 Å². The molecule has 0 radical (unpaired) electrons. The zero-order valence-corrected chi connectivity index (χ0v) is 10.1. The second-order valence-corrected chi connectivity index (χ2v) is 3.98. The van der Waals surface area contributed by atoms with Crippen LogP contribution in [-0.4, -0.2) is 16.5 Å². The summed E-state index contributed by atoms with van der Waals surface area (Å²) < 4.78 is 0. The van der Waals surface area contributed by atoms with Crippen molar-refractivity contribution in [2.45, 2.75) is 19.9 Å². The number of nitrogens with zero attached hydrogens (tertiary/aromatic N) is 2. The molecule has 1 N–H and O–H groups in total. The minimum absolute atomic E-state index is 0.841. The minimum Gasteiger partial charge on any atom is -0.313 e. The van der Waals surface area contributed by atoms with Crippen LogP contribution in [0.15, 0.2) is 42.9 Å². The third-order valence-electron chi connectivity index (χ3n) is 2.54. The molecule has 0 spiro atoms. The summed E-state index contributed by atoms with van der Waals surface area (Å²) in [6.07, 6.45) is 6.48. The van der Waals surface area contributed by atoms with Crippen molar-refractivity contribution in [3.63, 3.8) is 0 Å². The molecule has 2 aromatic rings. The largest absolute Gasteiger partial charge is 0.313 e. The highest BCUT2D eigenvalue weighted by Crippen LogP contribution is 2.08. The van der Waals surface area contributed by atoms with E-state index in [9.17, 15) is 0 Å². The standard InChI is InChI=1S/C14H17N3/c1-2-15-10-13-7-12(9-16-11-13)8-14-5-3-4-6-17-14/h3-7,9,11,15H,2,8,10H2,1H3. The normalized spacial score (nSPS) is 10.4. The highest BCUT2D eigenvalue weighted by Gasteiger charge is 1.99. The van der Waals surface area contributed by atoms with Crippen LogP contribution in [-0.2, 0) is 13.0 Å². The molecule has 0 amide bonds. The van der Waals surface area contributed by atoms with Crippen molar-refractivity contribution in [1.29, 1.82) is 0 Å². The number of nitrogens with one attached hydrogen (secondary N) is 1. The minimum atomic E-state index is 0.841. The zero-order valence-electron chi connectivity index (χ0n) is 10.1. The molecule has 0 aromatic carbocycles. The van der Waals surface area contributed by atoms with Gasteiger partial charge in [0.25, 0.3) is 0 Å². The first kappa shape index (κ1) is 11.7. The summed E-state index contributed by atoms with van der Waals surface area (Å²) in [6, 6.07) is 8.17. The predicted octanol–water partition coefficient (Wildman–Crippen LogP) is 2.18. The Bertz CT molecular complexity index is 454. The fourth-order valence-electron chi connectivity index (χ4n) is 1.72. The molecule has 3 nitrogen and oxygen atoms in total. The molecule has 0 saturated heterocycles. The Morgan fingerprint density at radius 2 is 2.06 bits per heavy atom. The number of pyridine rings is 2. The van der Waals surface area contributed by atoms with Gasteiger partial charge in [0.1, 0.15) is 0 Å². The van der Waals surface area contributed by atoms with E-state index in [1.54, 1.807) is 0 Å². The van der Waals surface area contributed by atoms with Gasteiger partial charge in [0.05, 0.1) is 0 Å². The fourth-order valence-corrected chi connectivity index (χ4v) is 1.72. The molecule has 88 valence electrons. The summed E-state index contributed by atoms with van der Waals surface area (Å²) in [6.45, 7) is 3.95. The van der Waals surface area contributed by atoms with Crippen molar-refractivity contribution in [1.82, 2.24) is 15.3 Å². The Labute approximate surface area is 102 Å². The summed E-state index contributed by atoms with van der Waals surface area (Å²) in [5.41, 5.74) is 3.51. The van der Waals surface area contributed by atoms with Crippen LogP contribution in [0, 0.1) is 0 Å². The van der Waals surface area contributed by atoms with Crippen molar-refractivity contribution in [3.8, 4) is 0 Å². The van der Waals surface area contributed by atoms with E-state index in [4.69, 9.17) is 0 Å². The van der Waals surface area contributed by atoms with E-state index in [1.165, 1.54) is 11.1 Å². The molecule has 0 bridgehead atoms. The van der Waals surface area contributed by atoms with Crippen LogP contribution in [0.4, 0.5) is 0 Å². The lowest BCUT2D eigenvalue weighted by molar-refractivity contribution is 0.723. The van der Waals surface area contributed by atoms with Crippen molar-refractivity contribution in [3.05, 3.63) is 59.7 Å². The molecule has 2 rings (SSSR count). The third-order valence-corrected chi connectivity index (χ3v) is 2.54. The average molecular weight is 227 g/mol. The van der Waals surface area contributed by atoms with E-state index in [2.05, 4.69) is 28.3 Å². The second-order valence-electron chi connectivity index (χ2n) is 3.98. The van der Waals surface area contributed by atoms with E-state index in [0.29, 0.717) is 0 Å². The fraction of sp³-hybridized carbons (Fsp3) is 0.286. The Morgan fingerprint density at radius 3 is 2.82 bits per heavy atom. The van der Waals surface area contributed by atoms with Crippen LogP contribution in [0.3, 0.4) is 0 Å². The first-order valence-electron chi connectivity index (χ1n) is 5.92. The molecule has 0 atom stereocenters. The van der Waals surface area contributed by atoms with Gasteiger partial charge in [0.2, 0.25) is 0 Å². The van der Waals surface area contributed by atoms with Crippen LogP contribution in [0.25, 0.3) is 0 Å². The number of rotatable bonds is 5. The van der Waals surface area contributed by atoms with Gasteiger partial charge < -0.3 is 5.32 Å². The first-order valence-corrected chi connectivity index (χ1v) is 5.92. The Morgan fingerprint density at radius 1 is 1.18 bits per heavy atom. The lowest BCUT2D eigenvalue weighted by Crippen LogP contribution is -2.12. The van der Waals surface area contributed by atoms with E-state index in [1.807, 2.05) is 36.8 Å². The van der Waals surface area contributed by atoms with Gasteiger partial charge in [-0.3, -0.25) is 9.97 Å². The summed E-state index contributed by atoms with van der Waals surface area (Å²) >= 11 is 0. The van der Waals surface area contributed by atoms with E-state index < -0.39 is 0 Å². The first-order chi connectivity index (χ1) is 8.38. The lowest BCUT2D eigenvalue weighted by Gasteiger charge is -2.05. The molecule has 2 heterocycles. The van der Waals surface area contributed by atoms with E-state index in [-0.39, 0.29) is 0 Å². The number of aromatic nitrogens is 2. The van der Waals surface area contributed by atoms with Crippen LogP contribution >= 0.6 is 0 Å². The topological polar surface area (TPSA) is 37.8 Å². The summed E-state index contributed by atoms with van der Waals surface area (Å²) in [5.74, 6) is 0. The molecule has 17 heavy (non-hydrogen) atoms. The van der Waals surface area contributed by atoms with E-state index in [0.717, 1.165) is 25.2 Å². The number of hydrogen-bond donors (Lipinski definition) is 1. The van der Waals surface area contributed by atoms with Gasteiger partial charge in [-0.05, 0) is 29.8 Å². The van der Waals surface area contributed by atoms with Crippen LogP contribution in [0.1, 0.15) is 23.7 Å². The van der Waals surface area contributed by atoms with Gasteiger partial charge in [-0.25, -0.2) is 0 Å². The van der Waals surface area contributed by atoms with Gasteiger partial charge in [-0.15, -0.1) is 0 Å². The Kier molecular flexibility index (Phi) is 4.22. The van der Waals surface area contributed by atoms with Gasteiger partial charge in [0.15, 0.2) is 0 Å². The average Bonchev–Trinajstić information content (AvgIpc) is 2.38. The van der Waals surface area contributed by atoms with Gasteiger partial charge in [0, 0.05) is 37.3 Å². The molecule has 0 aliphatic heterocycles. The maximum Gasteiger partial charge on any atom is 0.0447 e. The van der Waals surface area contributed by atoms with Crippen molar-refractivity contribution < 1.29 is 0 Å². The molecular weight excluding hydrogens is 210 g/mol. The smallest absolute Gasteiger partial charge is 0.0447 e. The monoisotopic (exact) mass is 227 g/mol. The highest BCUT2D eigenvalue weighted by atomic mass is 14.8. The maximum atomic E-state index is 4.32. The van der Waals surface area contributed by atoms with Crippen molar-refractivity contribution in [2.24, 2.45) is 0 Å². The zero-order chi connectivity index (χ0) is 11.9. The molecule has 0 aliphatic rings. The summed E-state index contributed by atoms with van der Waals surface area (Å²) in [7, 11) is 0. The summed E-state index contributed by atoms with van der Waals surface area (Å²) in [5, 5.41) is 3.30. The highest BCUT2D eigenvalue weighted by molar-refractivity contribution is 5.23. The molecule has 0 fully saturated rings. The lowest BCUT2D eigenvalue weighted by atomic mass is 10.1. The third kappa shape index (κ3) is 3.64. The second kappa shape index (κ2) is 6.11. The molecule has 0 saturated carbocycles. The quantitative estimate of drug-likeness (QED) is 0.850. The molecule has 2 aromatic heterocycles. The van der Waals surface area contributed by atoms with Gasteiger partial charge in [-0.2, -0.15) is 0 Å². The van der Waals surface area contributed by atoms with Crippen molar-refractivity contribution >= 4 is 0 Å². The number of hydrogen-bond acceptors (Lipinski definition) is 3. The maximum absolute atomic E-state index is 4.32. The molecule has 0 unspecified atom stereocenters. The molecule has 3 heteroatoms.